The minimum atomic E-state index is -1.27. The van der Waals surface area contributed by atoms with E-state index in [1.807, 2.05) is 79.9 Å². The van der Waals surface area contributed by atoms with Crippen molar-refractivity contribution in [2.45, 2.75) is 38.8 Å². The van der Waals surface area contributed by atoms with Crippen molar-refractivity contribution < 1.29 is 19.7 Å². The highest BCUT2D eigenvalue weighted by molar-refractivity contribution is 5.96. The van der Waals surface area contributed by atoms with E-state index in [1.165, 1.54) is 10.6 Å². The Bertz CT molecular complexity index is 1270. The summed E-state index contributed by atoms with van der Waals surface area (Å²) in [5, 5.41) is 24.2. The van der Waals surface area contributed by atoms with E-state index in [-0.39, 0.29) is 30.8 Å². The maximum atomic E-state index is 13.4. The molecule has 0 fully saturated rings. The Kier molecular flexibility index (Phi) is 11.9. The van der Waals surface area contributed by atoms with E-state index >= 15 is 0 Å². The molecule has 2 aromatic carbocycles. The zero-order valence-electron chi connectivity index (χ0n) is 21.9. The van der Waals surface area contributed by atoms with E-state index in [0.717, 1.165) is 11.1 Å². The second-order valence-electron chi connectivity index (χ2n) is 8.14. The number of benzene rings is 2. The van der Waals surface area contributed by atoms with Crippen LogP contribution in [0, 0.1) is 10.1 Å². The van der Waals surface area contributed by atoms with Gasteiger partial charge in [-0.2, -0.15) is 0 Å². The topological polar surface area (TPSA) is 156 Å². The Balaban J connectivity index is 0.00000260. The van der Waals surface area contributed by atoms with Crippen LogP contribution in [0.3, 0.4) is 0 Å². The van der Waals surface area contributed by atoms with Gasteiger partial charge < -0.3 is 20.3 Å². The first-order valence-electron chi connectivity index (χ1n) is 12.5. The first kappa shape index (κ1) is 30.3. The molecule has 3 aromatic rings. The van der Waals surface area contributed by atoms with Gasteiger partial charge in [0.1, 0.15) is 11.6 Å². The molecule has 0 aliphatic carbocycles. The fraction of sp³-hybridized carbons (Fsp3) is 0.250. The fourth-order valence-electron chi connectivity index (χ4n) is 3.86. The van der Waals surface area contributed by atoms with Crippen LogP contribution < -0.4 is 21.6 Å². The van der Waals surface area contributed by atoms with Crippen molar-refractivity contribution in [2.24, 2.45) is 0 Å². The first-order valence-corrected chi connectivity index (χ1v) is 12.5. The van der Waals surface area contributed by atoms with Crippen LogP contribution in [-0.4, -0.2) is 39.2 Å². The zero-order chi connectivity index (χ0) is 28.8. The molecule has 0 bridgehead atoms. The van der Waals surface area contributed by atoms with Crippen molar-refractivity contribution in [2.75, 3.05) is 6.54 Å². The van der Waals surface area contributed by atoms with Gasteiger partial charge in [-0.05, 0) is 36.1 Å². The molecule has 11 heteroatoms. The van der Waals surface area contributed by atoms with Crippen LogP contribution in [-0.2, 0) is 4.79 Å². The lowest BCUT2D eigenvalue weighted by molar-refractivity contribution is -0.536. The van der Waals surface area contributed by atoms with E-state index in [4.69, 9.17) is 0 Å². The molecule has 39 heavy (non-hydrogen) atoms. The number of aromatic nitrogens is 1. The van der Waals surface area contributed by atoms with Crippen LogP contribution in [0.5, 0.6) is 0 Å². The summed E-state index contributed by atoms with van der Waals surface area (Å²) in [5.41, 5.74) is 2.78. The zero-order valence-corrected chi connectivity index (χ0v) is 21.9. The third kappa shape index (κ3) is 8.85. The van der Waals surface area contributed by atoms with E-state index in [9.17, 15) is 29.6 Å². The van der Waals surface area contributed by atoms with Crippen LogP contribution in [0.1, 0.15) is 54.2 Å². The number of nitro groups is 1. The molecule has 0 spiro atoms. The summed E-state index contributed by atoms with van der Waals surface area (Å²) in [4.78, 5) is 48.6. The highest BCUT2D eigenvalue weighted by Gasteiger charge is 2.24. The van der Waals surface area contributed by atoms with Gasteiger partial charge in [-0.3, -0.25) is 9.59 Å². The van der Waals surface area contributed by atoms with Gasteiger partial charge in [0.15, 0.2) is 10.9 Å². The summed E-state index contributed by atoms with van der Waals surface area (Å²) in [6.45, 7) is 7.61. The number of carbonyl (C=O) groups is 2. The second-order valence-corrected chi connectivity index (χ2v) is 8.14. The number of amides is 1. The highest BCUT2D eigenvalue weighted by atomic mass is 16.7. The molecular formula is C28H33N5O6. The molecule has 4 N–H and O–H groups in total. The van der Waals surface area contributed by atoms with Gasteiger partial charge in [-0.1, -0.05) is 86.5 Å². The number of carboxylic acid groups (broad SMARTS) is 1. The van der Waals surface area contributed by atoms with Gasteiger partial charge in [0, 0.05) is 12.7 Å². The number of hydrogen-bond acceptors (Lipinski definition) is 6. The summed E-state index contributed by atoms with van der Waals surface area (Å²) in [5.74, 6) is -2.12. The van der Waals surface area contributed by atoms with E-state index < -0.39 is 34.6 Å². The summed E-state index contributed by atoms with van der Waals surface area (Å²) < 4.78 is 1.45. The molecule has 3 rings (SSSR count). The van der Waals surface area contributed by atoms with Crippen LogP contribution in [0.25, 0.3) is 0 Å². The lowest BCUT2D eigenvalue weighted by Crippen LogP contribution is -2.44. The highest BCUT2D eigenvalue weighted by Crippen LogP contribution is 2.25. The fourth-order valence-corrected chi connectivity index (χ4v) is 3.86. The van der Waals surface area contributed by atoms with Gasteiger partial charge in [0.25, 0.3) is 11.5 Å². The summed E-state index contributed by atoms with van der Waals surface area (Å²) in [6, 6.07) is 19.9. The van der Waals surface area contributed by atoms with E-state index in [0.29, 0.717) is 0 Å². The molecular weight excluding hydrogens is 502 g/mol. The molecule has 1 amide bonds. The summed E-state index contributed by atoms with van der Waals surface area (Å²) in [6.07, 6.45) is 1.88. The van der Waals surface area contributed by atoms with Gasteiger partial charge in [0.05, 0.1) is 6.04 Å². The predicted molar refractivity (Wildman–Crippen MR) is 148 cm³/mol. The number of hydrogen-bond donors (Lipinski definition) is 4. The Morgan fingerprint density at radius 1 is 1.00 bits per heavy atom. The number of nitrogens with one attached hydrogen (secondary N) is 3. The van der Waals surface area contributed by atoms with Crippen molar-refractivity contribution in [3.63, 3.8) is 0 Å². The number of hydrazine groups is 1. The number of carbonyl (C=O) groups excluding carboxylic acids is 1. The average Bonchev–Trinajstić information content (AvgIpc) is 2.93. The third-order valence-electron chi connectivity index (χ3n) is 5.57. The molecule has 1 unspecified atom stereocenters. The number of pyridine rings is 1. The Morgan fingerprint density at radius 3 is 2.08 bits per heavy atom. The minimum Gasteiger partial charge on any atom is -0.480 e. The average molecular weight is 536 g/mol. The molecule has 0 saturated carbocycles. The summed E-state index contributed by atoms with van der Waals surface area (Å²) >= 11 is 0. The number of nitrogens with zero attached hydrogens (tertiary/aromatic N) is 2. The van der Waals surface area contributed by atoms with Gasteiger partial charge in [0.2, 0.25) is 0 Å². The van der Waals surface area contributed by atoms with Crippen molar-refractivity contribution in [1.82, 2.24) is 20.6 Å². The standard InChI is InChI=1S/C26H27N5O6.C2H6/c1-18(29-31(36)37)27-16-8-15-22(26(34)35)28-24(32)21-14-9-17-30(25(21)33)23(19-10-4-2-5-11-19)20-12-6-3-7-13-20;1-2/h2-7,9-14,17,22-23,27,29H,1,8,15-16H2,(H,28,32)(H,34,35);1-2H3. The van der Waals surface area contributed by atoms with E-state index in [1.54, 1.807) is 12.3 Å². The van der Waals surface area contributed by atoms with Crippen molar-refractivity contribution >= 4 is 11.9 Å². The summed E-state index contributed by atoms with van der Waals surface area (Å²) in [7, 11) is 0. The SMILES string of the molecule is C=C(NCCCC(NC(=O)c1cccn(C(c2ccccc2)c2ccccc2)c1=O)C(=O)O)N[N+](=O)[O-].CC. The van der Waals surface area contributed by atoms with Gasteiger partial charge in [-0.15, -0.1) is 0 Å². The first-order chi connectivity index (χ1) is 18.8. The Labute approximate surface area is 226 Å². The maximum absolute atomic E-state index is 13.4. The number of aliphatic carboxylic acids is 1. The van der Waals surface area contributed by atoms with Crippen LogP contribution in [0.2, 0.25) is 0 Å². The molecule has 11 nitrogen and oxygen atoms in total. The maximum Gasteiger partial charge on any atom is 0.326 e. The third-order valence-corrected chi connectivity index (χ3v) is 5.57. The molecule has 1 heterocycles. The molecule has 1 atom stereocenters. The largest absolute Gasteiger partial charge is 0.480 e. The molecule has 0 radical (unpaired) electrons. The van der Waals surface area contributed by atoms with Crippen LogP contribution in [0.15, 0.2) is 96.2 Å². The van der Waals surface area contributed by atoms with Crippen molar-refractivity contribution in [1.29, 1.82) is 0 Å². The second kappa shape index (κ2) is 15.4. The minimum absolute atomic E-state index is 0.0253. The smallest absolute Gasteiger partial charge is 0.326 e. The molecule has 0 aliphatic heterocycles. The van der Waals surface area contributed by atoms with Crippen molar-refractivity contribution in [3.8, 4) is 0 Å². The molecule has 0 aliphatic rings. The lowest BCUT2D eigenvalue weighted by atomic mass is 9.98. The lowest BCUT2D eigenvalue weighted by Gasteiger charge is -2.22. The number of carboxylic acids is 1. The quantitative estimate of drug-likeness (QED) is 0.148. The monoisotopic (exact) mass is 535 g/mol. The predicted octanol–water partition coefficient (Wildman–Crippen LogP) is 3.32. The van der Waals surface area contributed by atoms with Crippen LogP contribution >= 0.6 is 0 Å². The number of rotatable bonds is 13. The van der Waals surface area contributed by atoms with E-state index in [2.05, 4.69) is 17.2 Å². The Morgan fingerprint density at radius 2 is 1.56 bits per heavy atom. The van der Waals surface area contributed by atoms with Gasteiger partial charge in [-0.25, -0.2) is 14.9 Å². The molecule has 206 valence electrons. The van der Waals surface area contributed by atoms with Gasteiger partial charge >= 0.3 is 5.97 Å². The normalized spacial score (nSPS) is 10.9. The van der Waals surface area contributed by atoms with Crippen molar-refractivity contribution in [3.05, 3.63) is 129 Å². The van der Waals surface area contributed by atoms with Crippen LogP contribution in [0.4, 0.5) is 0 Å². The Hall–Kier alpha value is -4.93. The molecule has 0 saturated heterocycles. The molecule has 1 aromatic heterocycles.